The lowest BCUT2D eigenvalue weighted by Gasteiger charge is -2.17. The van der Waals surface area contributed by atoms with Gasteiger partial charge >= 0.3 is 5.97 Å². The van der Waals surface area contributed by atoms with E-state index in [1.54, 1.807) is 44.3 Å². The Bertz CT molecular complexity index is 836. The number of halogens is 1. The van der Waals surface area contributed by atoms with Crippen molar-refractivity contribution in [2.24, 2.45) is 0 Å². The minimum Gasteiger partial charge on any atom is -0.490 e. The van der Waals surface area contributed by atoms with Crippen molar-refractivity contribution in [3.8, 4) is 11.8 Å². The summed E-state index contributed by atoms with van der Waals surface area (Å²) in [6.07, 6.45) is 1.53. The molecule has 0 unspecified atom stereocenters. The highest BCUT2D eigenvalue weighted by molar-refractivity contribution is 6.30. The minimum atomic E-state index is -0.605. The van der Waals surface area contributed by atoms with Crippen LogP contribution in [0, 0.1) is 11.8 Å². The Morgan fingerprint density at radius 2 is 1.92 bits per heavy atom. The quantitative estimate of drug-likeness (QED) is 0.363. The number of carbonyl (C=O) groups is 1. The van der Waals surface area contributed by atoms with Crippen molar-refractivity contribution < 1.29 is 14.4 Å². The lowest BCUT2D eigenvalue weighted by Crippen LogP contribution is -2.25. The Balaban J connectivity index is 2.13. The summed E-state index contributed by atoms with van der Waals surface area (Å²) < 4.78 is 4.93. The predicted molar refractivity (Wildman–Crippen MR) is 96.9 cm³/mol. The first kappa shape index (κ1) is 18.4. The van der Waals surface area contributed by atoms with Crippen molar-refractivity contribution in [2.75, 3.05) is 19.2 Å². The van der Waals surface area contributed by atoms with E-state index >= 15 is 0 Å². The van der Waals surface area contributed by atoms with Crippen LogP contribution >= 0.6 is 11.6 Å². The number of aromatic nitrogens is 1. The zero-order valence-corrected chi connectivity index (χ0v) is 14.9. The van der Waals surface area contributed by atoms with E-state index in [4.69, 9.17) is 21.2 Å². The summed E-state index contributed by atoms with van der Waals surface area (Å²) in [6, 6.07) is 12.5. The fourth-order valence-electron chi connectivity index (χ4n) is 1.87. The van der Waals surface area contributed by atoms with Crippen LogP contribution in [0.15, 0.2) is 54.3 Å². The van der Waals surface area contributed by atoms with Crippen molar-refractivity contribution in [1.82, 2.24) is 4.98 Å². The third-order valence-corrected chi connectivity index (χ3v) is 3.39. The van der Waals surface area contributed by atoms with Gasteiger partial charge in [0.1, 0.15) is 5.69 Å². The van der Waals surface area contributed by atoms with Crippen LogP contribution in [0.3, 0.4) is 0 Å². The first-order chi connectivity index (χ1) is 12.0. The Labute approximate surface area is 151 Å². The number of benzene rings is 1. The van der Waals surface area contributed by atoms with Gasteiger partial charge < -0.3 is 9.57 Å². The minimum absolute atomic E-state index is 0.116. The average Bonchev–Trinajstić information content (AvgIpc) is 2.62. The number of allylic oxidation sites excluding steroid dienone is 1. The number of hydroxylamine groups is 1. The zero-order chi connectivity index (χ0) is 18.2. The van der Waals surface area contributed by atoms with E-state index in [1.807, 2.05) is 12.1 Å². The Morgan fingerprint density at radius 1 is 1.20 bits per heavy atom. The van der Waals surface area contributed by atoms with Crippen LogP contribution in [-0.4, -0.2) is 25.1 Å². The highest BCUT2D eigenvalue weighted by Crippen LogP contribution is 2.12. The first-order valence-electron chi connectivity index (χ1n) is 7.44. The number of hydrogen-bond acceptors (Lipinski definition) is 5. The van der Waals surface area contributed by atoms with E-state index in [9.17, 15) is 4.79 Å². The van der Waals surface area contributed by atoms with E-state index in [0.717, 1.165) is 5.56 Å². The third kappa shape index (κ3) is 5.27. The molecule has 0 radical (unpaired) electrons. The van der Waals surface area contributed by atoms with Gasteiger partial charge in [-0.15, -0.1) is 0 Å². The zero-order valence-electron chi connectivity index (χ0n) is 14.1. The number of carbonyl (C=O) groups excluding carboxylic acids is 1. The molecule has 0 fully saturated rings. The van der Waals surface area contributed by atoms with Crippen LogP contribution in [-0.2, 0) is 14.4 Å². The van der Waals surface area contributed by atoms with Crippen molar-refractivity contribution >= 4 is 23.4 Å². The SMILES string of the molecule is CC=C(OC)C(=O)ON(C)c1cccc(C#Cc2ccc(Cl)cc2)n1. The summed E-state index contributed by atoms with van der Waals surface area (Å²) in [6.45, 7) is 1.69. The van der Waals surface area contributed by atoms with Crippen molar-refractivity contribution in [3.05, 3.63) is 70.6 Å². The molecule has 0 atom stereocenters. The van der Waals surface area contributed by atoms with Gasteiger partial charge in [-0.3, -0.25) is 0 Å². The maximum atomic E-state index is 11.9. The maximum absolute atomic E-state index is 11.9. The van der Waals surface area contributed by atoms with Gasteiger partial charge in [-0.25, -0.2) is 9.78 Å². The van der Waals surface area contributed by atoms with Crippen LogP contribution in [0.4, 0.5) is 5.82 Å². The first-order valence-corrected chi connectivity index (χ1v) is 7.82. The second kappa shape index (κ2) is 8.76. The molecule has 5 nitrogen and oxygen atoms in total. The third-order valence-electron chi connectivity index (χ3n) is 3.14. The molecule has 2 rings (SSSR count). The molecule has 0 aliphatic heterocycles. The van der Waals surface area contributed by atoms with E-state index in [1.165, 1.54) is 18.2 Å². The normalized spacial score (nSPS) is 10.5. The largest absolute Gasteiger partial charge is 0.490 e. The van der Waals surface area contributed by atoms with Crippen LogP contribution < -0.4 is 5.06 Å². The van der Waals surface area contributed by atoms with Gasteiger partial charge in [0.25, 0.3) is 0 Å². The molecule has 6 heteroatoms. The van der Waals surface area contributed by atoms with Crippen LogP contribution in [0.25, 0.3) is 0 Å². The number of pyridine rings is 1. The second-order valence-corrected chi connectivity index (χ2v) is 5.31. The van der Waals surface area contributed by atoms with Gasteiger partial charge in [0.05, 0.1) is 7.11 Å². The number of methoxy groups -OCH3 is 1. The van der Waals surface area contributed by atoms with E-state index in [2.05, 4.69) is 16.8 Å². The average molecular weight is 357 g/mol. The number of hydrogen-bond donors (Lipinski definition) is 0. The fraction of sp³-hybridized carbons (Fsp3) is 0.158. The second-order valence-electron chi connectivity index (χ2n) is 4.87. The molecule has 0 N–H and O–H groups in total. The van der Waals surface area contributed by atoms with Crippen LogP contribution in [0.2, 0.25) is 5.02 Å². The molecular weight excluding hydrogens is 340 g/mol. The number of nitrogens with zero attached hydrogens (tertiary/aromatic N) is 2. The monoisotopic (exact) mass is 356 g/mol. The molecule has 0 amide bonds. The molecule has 1 heterocycles. The molecule has 0 saturated heterocycles. The summed E-state index contributed by atoms with van der Waals surface area (Å²) >= 11 is 5.85. The van der Waals surface area contributed by atoms with Crippen molar-refractivity contribution in [3.63, 3.8) is 0 Å². The van der Waals surface area contributed by atoms with Crippen molar-refractivity contribution in [1.29, 1.82) is 0 Å². The molecule has 0 saturated carbocycles. The summed E-state index contributed by atoms with van der Waals surface area (Å²) in [5.41, 5.74) is 1.38. The van der Waals surface area contributed by atoms with Gasteiger partial charge in [0.2, 0.25) is 5.76 Å². The number of anilines is 1. The van der Waals surface area contributed by atoms with E-state index in [-0.39, 0.29) is 5.76 Å². The van der Waals surface area contributed by atoms with Gasteiger partial charge in [-0.1, -0.05) is 23.6 Å². The Kier molecular flexibility index (Phi) is 6.44. The van der Waals surface area contributed by atoms with Gasteiger partial charge in [-0.05, 0) is 55.3 Å². The molecule has 1 aromatic carbocycles. The predicted octanol–water partition coefficient (Wildman–Crippen LogP) is 3.58. The molecule has 0 bridgehead atoms. The number of ether oxygens (including phenoxy) is 1. The van der Waals surface area contributed by atoms with Gasteiger partial charge in [-0.2, -0.15) is 5.06 Å². The standard InChI is InChI=1S/C19H17ClN2O3/c1-4-17(24-3)19(23)25-22(2)18-7-5-6-16(21-18)13-10-14-8-11-15(20)12-9-14/h4-9,11-12H,1-3H3. The highest BCUT2D eigenvalue weighted by atomic mass is 35.5. The van der Waals surface area contributed by atoms with Crippen LogP contribution in [0.1, 0.15) is 18.2 Å². The summed E-state index contributed by atoms with van der Waals surface area (Å²) in [7, 11) is 2.99. The fourth-order valence-corrected chi connectivity index (χ4v) is 2.00. The Morgan fingerprint density at radius 3 is 2.56 bits per heavy atom. The van der Waals surface area contributed by atoms with Crippen molar-refractivity contribution in [2.45, 2.75) is 6.92 Å². The molecule has 128 valence electrons. The number of rotatable bonds is 4. The lowest BCUT2D eigenvalue weighted by molar-refractivity contribution is -0.143. The molecule has 0 aliphatic carbocycles. The molecule has 1 aromatic heterocycles. The molecule has 0 spiro atoms. The molecule has 0 aliphatic rings. The molecule has 2 aromatic rings. The summed E-state index contributed by atoms with van der Waals surface area (Å²) in [5, 5.41) is 1.92. The van der Waals surface area contributed by atoms with E-state index < -0.39 is 5.97 Å². The van der Waals surface area contributed by atoms with Gasteiger partial charge in [0, 0.05) is 17.6 Å². The maximum Gasteiger partial charge on any atom is 0.397 e. The summed E-state index contributed by atoms with van der Waals surface area (Å²) in [4.78, 5) is 21.4. The smallest absolute Gasteiger partial charge is 0.397 e. The van der Waals surface area contributed by atoms with Crippen LogP contribution in [0.5, 0.6) is 0 Å². The topological polar surface area (TPSA) is 51.7 Å². The highest BCUT2D eigenvalue weighted by Gasteiger charge is 2.15. The summed E-state index contributed by atoms with van der Waals surface area (Å²) in [5.74, 6) is 5.93. The van der Waals surface area contributed by atoms with E-state index in [0.29, 0.717) is 16.5 Å². The Hall–Kier alpha value is -2.97. The lowest BCUT2D eigenvalue weighted by atomic mass is 10.2. The molecular formula is C19H17ClN2O3. The molecule has 25 heavy (non-hydrogen) atoms. The van der Waals surface area contributed by atoms with Gasteiger partial charge in [0.15, 0.2) is 5.82 Å².